The van der Waals surface area contributed by atoms with E-state index in [1.807, 2.05) is 0 Å². The number of nitro groups is 1. The molecule has 2 aromatic rings. The van der Waals surface area contributed by atoms with E-state index in [0.29, 0.717) is 34.1 Å². The molecule has 1 aromatic heterocycles. The van der Waals surface area contributed by atoms with Crippen molar-refractivity contribution in [1.82, 2.24) is 0 Å². The van der Waals surface area contributed by atoms with E-state index in [1.165, 1.54) is 12.1 Å². The second kappa shape index (κ2) is 6.40. The Balaban J connectivity index is 1.67. The van der Waals surface area contributed by atoms with E-state index in [1.54, 1.807) is 43.3 Å². The highest BCUT2D eigenvalue weighted by molar-refractivity contribution is 7.80. The first kappa shape index (κ1) is 17.0. The molecule has 0 saturated carbocycles. The number of aliphatic imine (C=N–C) groups is 1. The van der Waals surface area contributed by atoms with Crippen molar-refractivity contribution in [3.05, 3.63) is 69.7 Å². The van der Waals surface area contributed by atoms with Crippen LogP contribution < -0.4 is 0 Å². The maximum Gasteiger partial charge on any atom is 0.326 e. The molecule has 0 amide bonds. The van der Waals surface area contributed by atoms with Crippen molar-refractivity contribution in [1.29, 1.82) is 0 Å². The number of nitrogens with zero attached hydrogens (tertiary/aromatic N) is 2. The molecule has 0 bridgehead atoms. The molecule has 1 unspecified atom stereocenters. The van der Waals surface area contributed by atoms with E-state index < -0.39 is 16.8 Å². The molecule has 134 valence electrons. The zero-order valence-electron chi connectivity index (χ0n) is 14.0. The minimum atomic E-state index is -0.666. The van der Waals surface area contributed by atoms with Gasteiger partial charge in [-0.3, -0.25) is 14.9 Å². The summed E-state index contributed by atoms with van der Waals surface area (Å²) >= 11 is 5.18. The molecule has 1 atom stereocenters. The fourth-order valence-electron chi connectivity index (χ4n) is 2.98. The van der Waals surface area contributed by atoms with Crippen LogP contribution >= 0.6 is 12.2 Å². The van der Waals surface area contributed by atoms with E-state index in [0.717, 1.165) is 0 Å². The summed E-state index contributed by atoms with van der Waals surface area (Å²) in [6.45, 7) is 1.79. The van der Waals surface area contributed by atoms with Gasteiger partial charge in [-0.15, -0.1) is 0 Å². The van der Waals surface area contributed by atoms with Gasteiger partial charge in [0.2, 0.25) is 0 Å². The van der Waals surface area contributed by atoms with Gasteiger partial charge in [-0.2, -0.15) is 0 Å². The number of esters is 1. The highest BCUT2D eigenvalue weighted by Gasteiger charge is 2.41. The number of fused-ring (bicyclic) bond motifs is 1. The van der Waals surface area contributed by atoms with Crippen LogP contribution in [0.5, 0.6) is 0 Å². The van der Waals surface area contributed by atoms with Crippen molar-refractivity contribution in [2.24, 2.45) is 10.9 Å². The van der Waals surface area contributed by atoms with Crippen molar-refractivity contribution in [2.45, 2.75) is 6.92 Å². The maximum absolute atomic E-state index is 12.1. The fraction of sp³-hybridized carbons (Fsp3) is 0.105. The van der Waals surface area contributed by atoms with E-state index >= 15 is 0 Å². The Morgan fingerprint density at radius 3 is 2.89 bits per heavy atom. The Bertz CT molecular complexity index is 1090. The van der Waals surface area contributed by atoms with Gasteiger partial charge in [0.1, 0.15) is 28.2 Å². The molecule has 1 fully saturated rings. The maximum atomic E-state index is 12.1. The summed E-state index contributed by atoms with van der Waals surface area (Å²) in [6, 6.07) is 9.56. The number of allylic oxidation sites excluding steroid dienone is 2. The number of hydrogen-bond acceptors (Lipinski definition) is 6. The average molecular weight is 380 g/mol. The predicted molar refractivity (Wildman–Crippen MR) is 102 cm³/mol. The predicted octanol–water partition coefficient (Wildman–Crippen LogP) is 4.10. The molecule has 0 spiro atoms. The van der Waals surface area contributed by atoms with Crippen LogP contribution in [0, 0.1) is 16.0 Å². The van der Waals surface area contributed by atoms with E-state index in [2.05, 4.69) is 4.99 Å². The molecule has 8 heteroatoms. The van der Waals surface area contributed by atoms with Crippen LogP contribution in [0.15, 0.2) is 63.2 Å². The third-order valence-electron chi connectivity index (χ3n) is 4.18. The fourth-order valence-corrected chi connectivity index (χ4v) is 3.35. The largest absolute Gasteiger partial charge is 0.457 e. The number of hydrogen-bond donors (Lipinski definition) is 0. The van der Waals surface area contributed by atoms with Crippen LogP contribution in [0.4, 0.5) is 5.69 Å². The van der Waals surface area contributed by atoms with E-state index in [-0.39, 0.29) is 10.7 Å². The van der Waals surface area contributed by atoms with Crippen LogP contribution in [-0.2, 0) is 9.53 Å². The summed E-state index contributed by atoms with van der Waals surface area (Å²) in [6.07, 6.45) is 3.37. The van der Waals surface area contributed by atoms with E-state index in [4.69, 9.17) is 21.4 Å². The number of carbonyl (C=O) groups excluding carboxylic acids is 1. The van der Waals surface area contributed by atoms with Crippen LogP contribution in [0.2, 0.25) is 0 Å². The number of ether oxygens (including phenoxy) is 1. The van der Waals surface area contributed by atoms with Gasteiger partial charge in [0, 0.05) is 35.1 Å². The topological polar surface area (TPSA) is 94.9 Å². The second-order valence-corrected chi connectivity index (χ2v) is 6.48. The van der Waals surface area contributed by atoms with Gasteiger partial charge >= 0.3 is 5.97 Å². The van der Waals surface area contributed by atoms with Gasteiger partial charge < -0.3 is 9.15 Å². The van der Waals surface area contributed by atoms with Crippen molar-refractivity contribution in [3.8, 4) is 11.3 Å². The Morgan fingerprint density at radius 1 is 1.30 bits per heavy atom. The first-order chi connectivity index (χ1) is 12.9. The minimum absolute atomic E-state index is 0.0213. The molecule has 27 heavy (non-hydrogen) atoms. The lowest BCUT2D eigenvalue weighted by atomic mass is 9.96. The van der Waals surface area contributed by atoms with Crippen molar-refractivity contribution in [2.75, 3.05) is 0 Å². The monoisotopic (exact) mass is 380 g/mol. The van der Waals surface area contributed by atoms with Gasteiger partial charge in [0.05, 0.1) is 4.92 Å². The SMILES string of the molecule is CC1=NC(=S)C2C(=O)OC(=Cc3ccc(-c4cccc([N+](=O)[O-])c4)o3)C2=C1. The van der Waals surface area contributed by atoms with E-state index in [9.17, 15) is 14.9 Å². The first-order valence-corrected chi connectivity index (χ1v) is 8.42. The first-order valence-electron chi connectivity index (χ1n) is 8.01. The van der Waals surface area contributed by atoms with Crippen LogP contribution in [0.1, 0.15) is 12.7 Å². The quantitative estimate of drug-likeness (QED) is 0.344. The number of non-ortho nitro benzene ring substituents is 1. The molecule has 1 aromatic carbocycles. The van der Waals surface area contributed by atoms with Crippen molar-refractivity contribution in [3.63, 3.8) is 0 Å². The number of furan rings is 1. The summed E-state index contributed by atoms with van der Waals surface area (Å²) in [5, 5.41) is 10.9. The summed E-state index contributed by atoms with van der Waals surface area (Å²) < 4.78 is 11.1. The zero-order chi connectivity index (χ0) is 19.1. The minimum Gasteiger partial charge on any atom is -0.457 e. The number of thiocarbonyl (C=S) groups is 1. The zero-order valence-corrected chi connectivity index (χ0v) is 14.9. The summed E-state index contributed by atoms with van der Waals surface area (Å²) in [5.41, 5.74) is 1.92. The Hall–Kier alpha value is -3.39. The summed E-state index contributed by atoms with van der Waals surface area (Å²) in [4.78, 5) is 27.0. The van der Waals surface area contributed by atoms with Gasteiger partial charge in [0.25, 0.3) is 5.69 Å². The molecule has 0 N–H and O–H groups in total. The van der Waals surface area contributed by atoms with Crippen LogP contribution in [0.25, 0.3) is 17.4 Å². The summed E-state index contributed by atoms with van der Waals surface area (Å²) in [5.74, 6) is 0.158. The Labute approximate surface area is 158 Å². The number of benzene rings is 1. The van der Waals surface area contributed by atoms with Gasteiger partial charge in [-0.05, 0) is 25.1 Å². The number of dihydropyridines is 1. The lowest BCUT2D eigenvalue weighted by Gasteiger charge is -2.11. The van der Waals surface area contributed by atoms with Gasteiger partial charge in [0.15, 0.2) is 0 Å². The lowest BCUT2D eigenvalue weighted by molar-refractivity contribution is -0.384. The molecule has 0 radical (unpaired) electrons. The van der Waals surface area contributed by atoms with Crippen LogP contribution in [-0.4, -0.2) is 21.6 Å². The van der Waals surface area contributed by atoms with Crippen LogP contribution in [0.3, 0.4) is 0 Å². The molecule has 2 aliphatic heterocycles. The lowest BCUT2D eigenvalue weighted by Crippen LogP contribution is -2.21. The Morgan fingerprint density at radius 2 is 2.11 bits per heavy atom. The highest BCUT2D eigenvalue weighted by atomic mass is 32.1. The normalized spacial score (nSPS) is 20.2. The smallest absolute Gasteiger partial charge is 0.326 e. The average Bonchev–Trinajstić information content (AvgIpc) is 3.20. The number of carbonyl (C=O) groups is 1. The second-order valence-electron chi connectivity index (χ2n) is 6.06. The molecule has 4 rings (SSSR count). The third kappa shape index (κ3) is 3.11. The van der Waals surface area contributed by atoms with Crippen molar-refractivity contribution >= 4 is 40.7 Å². The highest BCUT2D eigenvalue weighted by Crippen LogP contribution is 2.36. The summed E-state index contributed by atoms with van der Waals surface area (Å²) in [7, 11) is 0. The van der Waals surface area contributed by atoms with Gasteiger partial charge in [-0.25, -0.2) is 4.99 Å². The third-order valence-corrected chi connectivity index (χ3v) is 4.51. The molecule has 2 aliphatic rings. The molecular weight excluding hydrogens is 368 g/mol. The Kier molecular flexibility index (Phi) is 4.04. The molecular formula is C19H12N2O5S. The molecule has 7 nitrogen and oxygen atoms in total. The number of rotatable bonds is 3. The molecule has 0 aliphatic carbocycles. The number of cyclic esters (lactones) is 1. The molecule has 3 heterocycles. The standard InChI is InChI=1S/C19H12N2O5S/c1-10-7-14-16(26-19(22)17(14)18(27)20-10)9-13-5-6-15(25-13)11-3-2-4-12(8-11)21(23)24/h2-9,17H,1H3. The molecule has 1 saturated heterocycles. The van der Waals surface area contributed by atoms with Gasteiger partial charge in [-0.1, -0.05) is 24.4 Å². The van der Waals surface area contributed by atoms with Crippen molar-refractivity contribution < 1.29 is 18.9 Å². The number of nitro benzene ring substituents is 1.